The van der Waals surface area contributed by atoms with Crippen LogP contribution >= 0.6 is 0 Å². The van der Waals surface area contributed by atoms with Crippen molar-refractivity contribution in [1.29, 1.82) is 0 Å². The summed E-state index contributed by atoms with van der Waals surface area (Å²) < 4.78 is 0. The lowest BCUT2D eigenvalue weighted by molar-refractivity contribution is -0.384. The third-order valence-corrected chi connectivity index (χ3v) is 3.36. The molecule has 0 aromatic heterocycles. The summed E-state index contributed by atoms with van der Waals surface area (Å²) in [6, 6.07) is 17.2. The van der Waals surface area contributed by atoms with Gasteiger partial charge in [-0.25, -0.2) is 4.99 Å². The Morgan fingerprint density at radius 3 is 2.55 bits per heavy atom. The van der Waals surface area contributed by atoms with Crippen LogP contribution in [0.5, 0.6) is 5.75 Å². The topological polar surface area (TPSA) is 75.7 Å². The van der Waals surface area contributed by atoms with Gasteiger partial charge in [0.2, 0.25) is 0 Å². The molecule has 0 fully saturated rings. The highest BCUT2D eigenvalue weighted by Gasteiger charge is 2.11. The fraction of sp³-hybridized carbons (Fsp3) is 0. The highest BCUT2D eigenvalue weighted by molar-refractivity contribution is 6.03. The van der Waals surface area contributed by atoms with Crippen molar-refractivity contribution in [3.8, 4) is 5.75 Å². The Kier molecular flexibility index (Phi) is 3.53. The normalized spacial score (nSPS) is 11.1. The number of nitro groups is 1. The summed E-state index contributed by atoms with van der Waals surface area (Å²) in [5.41, 5.74) is 0.717. The second-order valence-corrected chi connectivity index (χ2v) is 4.72. The predicted molar refractivity (Wildman–Crippen MR) is 86.0 cm³/mol. The Morgan fingerprint density at radius 2 is 1.73 bits per heavy atom. The number of para-hydroxylation sites is 2. The molecule has 22 heavy (non-hydrogen) atoms. The molecule has 0 radical (unpaired) electrons. The van der Waals surface area contributed by atoms with E-state index in [2.05, 4.69) is 4.99 Å². The van der Waals surface area contributed by atoms with E-state index in [9.17, 15) is 15.2 Å². The molecule has 0 aliphatic heterocycles. The standard InChI is InChI=1S/C17H12N2O3/c20-17-10-9-12-5-1-2-6-13(12)14(17)11-18-15-7-3-4-8-16(15)19(21)22/h1-11,20H. The van der Waals surface area contributed by atoms with Crippen LogP contribution < -0.4 is 0 Å². The number of aromatic hydroxyl groups is 1. The first-order chi connectivity index (χ1) is 10.7. The van der Waals surface area contributed by atoms with E-state index in [1.165, 1.54) is 12.3 Å². The molecule has 5 heteroatoms. The van der Waals surface area contributed by atoms with Crippen LogP contribution in [0.25, 0.3) is 10.8 Å². The fourth-order valence-electron chi connectivity index (χ4n) is 2.28. The molecule has 3 aromatic carbocycles. The van der Waals surface area contributed by atoms with E-state index in [1.54, 1.807) is 24.3 Å². The quantitative estimate of drug-likeness (QED) is 0.446. The zero-order valence-electron chi connectivity index (χ0n) is 11.5. The molecular formula is C17H12N2O3. The number of benzene rings is 3. The van der Waals surface area contributed by atoms with Gasteiger partial charge < -0.3 is 5.11 Å². The molecule has 108 valence electrons. The molecule has 1 N–H and O–H groups in total. The average molecular weight is 292 g/mol. The van der Waals surface area contributed by atoms with Gasteiger partial charge in [-0.15, -0.1) is 0 Å². The van der Waals surface area contributed by atoms with Crippen LogP contribution in [-0.4, -0.2) is 16.2 Å². The molecule has 0 saturated carbocycles. The first-order valence-electron chi connectivity index (χ1n) is 6.65. The highest BCUT2D eigenvalue weighted by Crippen LogP contribution is 2.29. The minimum Gasteiger partial charge on any atom is -0.507 e. The van der Waals surface area contributed by atoms with E-state index < -0.39 is 4.92 Å². The van der Waals surface area contributed by atoms with Gasteiger partial charge in [0.25, 0.3) is 5.69 Å². The average Bonchev–Trinajstić information content (AvgIpc) is 2.54. The third kappa shape index (κ3) is 2.52. The summed E-state index contributed by atoms with van der Waals surface area (Å²) in [6.07, 6.45) is 1.46. The van der Waals surface area contributed by atoms with Crippen molar-refractivity contribution in [2.24, 2.45) is 4.99 Å². The Bertz CT molecular complexity index is 888. The number of rotatable bonds is 3. The van der Waals surface area contributed by atoms with E-state index in [4.69, 9.17) is 0 Å². The first-order valence-corrected chi connectivity index (χ1v) is 6.65. The SMILES string of the molecule is O=[N+]([O-])c1ccccc1N=Cc1c(O)ccc2ccccc12. The lowest BCUT2D eigenvalue weighted by Crippen LogP contribution is -1.89. The van der Waals surface area contributed by atoms with Gasteiger partial charge in [0.1, 0.15) is 11.4 Å². The first kappa shape index (κ1) is 13.8. The number of aliphatic imine (C=N–C) groups is 1. The molecule has 3 rings (SSSR count). The number of nitro benzene ring substituents is 1. The second kappa shape index (κ2) is 5.65. The van der Waals surface area contributed by atoms with Gasteiger partial charge in [-0.2, -0.15) is 0 Å². The summed E-state index contributed by atoms with van der Waals surface area (Å²) in [4.78, 5) is 14.7. The molecule has 0 spiro atoms. The molecule has 0 atom stereocenters. The maximum atomic E-state index is 11.0. The molecule has 0 unspecified atom stereocenters. The van der Waals surface area contributed by atoms with Crippen LogP contribution in [0.4, 0.5) is 11.4 Å². The van der Waals surface area contributed by atoms with Crippen molar-refractivity contribution in [3.63, 3.8) is 0 Å². The van der Waals surface area contributed by atoms with Crippen molar-refractivity contribution in [1.82, 2.24) is 0 Å². The van der Waals surface area contributed by atoms with Gasteiger partial charge in [-0.1, -0.05) is 42.5 Å². The summed E-state index contributed by atoms with van der Waals surface area (Å²) in [6.45, 7) is 0. The maximum absolute atomic E-state index is 11.0. The van der Waals surface area contributed by atoms with E-state index in [0.717, 1.165) is 10.8 Å². The van der Waals surface area contributed by atoms with E-state index in [-0.39, 0.29) is 17.1 Å². The summed E-state index contributed by atoms with van der Waals surface area (Å²) >= 11 is 0. The lowest BCUT2D eigenvalue weighted by atomic mass is 10.0. The van der Waals surface area contributed by atoms with Crippen molar-refractivity contribution in [2.75, 3.05) is 0 Å². The lowest BCUT2D eigenvalue weighted by Gasteiger charge is -2.04. The van der Waals surface area contributed by atoms with Crippen LogP contribution in [0.2, 0.25) is 0 Å². The number of fused-ring (bicyclic) bond motifs is 1. The molecule has 5 nitrogen and oxygen atoms in total. The Balaban J connectivity index is 2.11. The molecule has 0 saturated heterocycles. The molecule has 0 heterocycles. The monoisotopic (exact) mass is 292 g/mol. The fourth-order valence-corrected chi connectivity index (χ4v) is 2.28. The van der Waals surface area contributed by atoms with Crippen molar-refractivity contribution in [2.45, 2.75) is 0 Å². The predicted octanol–water partition coefficient (Wildman–Crippen LogP) is 4.20. The summed E-state index contributed by atoms with van der Waals surface area (Å²) in [5.74, 6) is 0.0843. The molecule has 0 aliphatic rings. The Hall–Kier alpha value is -3.21. The van der Waals surface area contributed by atoms with Gasteiger partial charge in [0.15, 0.2) is 0 Å². The van der Waals surface area contributed by atoms with Crippen LogP contribution in [-0.2, 0) is 0 Å². The Labute approximate surface area is 126 Å². The van der Waals surface area contributed by atoms with Crippen molar-refractivity contribution in [3.05, 3.63) is 76.3 Å². The highest BCUT2D eigenvalue weighted by atomic mass is 16.6. The van der Waals surface area contributed by atoms with Crippen LogP contribution in [0.15, 0.2) is 65.7 Å². The molecule has 0 aliphatic carbocycles. The zero-order chi connectivity index (χ0) is 15.5. The number of hydrogen-bond donors (Lipinski definition) is 1. The number of nitrogens with zero attached hydrogens (tertiary/aromatic N) is 2. The van der Waals surface area contributed by atoms with Crippen molar-refractivity contribution < 1.29 is 10.0 Å². The number of hydrogen-bond acceptors (Lipinski definition) is 4. The minimum absolute atomic E-state index is 0.0709. The smallest absolute Gasteiger partial charge is 0.294 e. The molecule has 0 amide bonds. The zero-order valence-corrected chi connectivity index (χ0v) is 11.5. The summed E-state index contributed by atoms with van der Waals surface area (Å²) in [7, 11) is 0. The van der Waals surface area contributed by atoms with Gasteiger partial charge in [-0.3, -0.25) is 10.1 Å². The molecule has 3 aromatic rings. The van der Waals surface area contributed by atoms with Gasteiger partial charge in [-0.05, 0) is 22.9 Å². The van der Waals surface area contributed by atoms with E-state index >= 15 is 0 Å². The van der Waals surface area contributed by atoms with Gasteiger partial charge in [0.05, 0.1) is 4.92 Å². The van der Waals surface area contributed by atoms with Crippen LogP contribution in [0, 0.1) is 10.1 Å². The molecule has 0 bridgehead atoms. The Morgan fingerprint density at radius 1 is 1.00 bits per heavy atom. The van der Waals surface area contributed by atoms with Crippen LogP contribution in [0.3, 0.4) is 0 Å². The minimum atomic E-state index is -0.477. The van der Waals surface area contributed by atoms with E-state index in [0.29, 0.717) is 5.56 Å². The number of phenols is 1. The van der Waals surface area contributed by atoms with Gasteiger partial charge >= 0.3 is 0 Å². The van der Waals surface area contributed by atoms with Crippen LogP contribution in [0.1, 0.15) is 5.56 Å². The third-order valence-electron chi connectivity index (χ3n) is 3.36. The largest absolute Gasteiger partial charge is 0.507 e. The maximum Gasteiger partial charge on any atom is 0.294 e. The number of phenolic OH excluding ortho intramolecular Hbond substituents is 1. The van der Waals surface area contributed by atoms with E-state index in [1.807, 2.05) is 30.3 Å². The summed E-state index contributed by atoms with van der Waals surface area (Å²) in [5, 5.41) is 22.8. The van der Waals surface area contributed by atoms with Gasteiger partial charge in [0, 0.05) is 17.8 Å². The second-order valence-electron chi connectivity index (χ2n) is 4.72. The molecular weight excluding hydrogens is 280 g/mol. The van der Waals surface area contributed by atoms with Crippen molar-refractivity contribution >= 4 is 28.4 Å².